The van der Waals surface area contributed by atoms with Crippen LogP contribution in [0.5, 0.6) is 5.88 Å². The first-order valence-electron chi connectivity index (χ1n) is 2.18. The van der Waals surface area contributed by atoms with Crippen LogP contribution >= 0.6 is 0 Å². The maximum absolute atomic E-state index is 8.62. The minimum Gasteiger partial charge on any atom is -0.492 e. The van der Waals surface area contributed by atoms with Gasteiger partial charge in [-0.3, -0.25) is 0 Å². The van der Waals surface area contributed by atoms with Gasteiger partial charge in [0.1, 0.15) is 0 Å². The van der Waals surface area contributed by atoms with E-state index < -0.39 is 0 Å². The summed E-state index contributed by atoms with van der Waals surface area (Å²) in [6, 6.07) is 0. The predicted octanol–water partition coefficient (Wildman–Crippen LogP) is -0.292. The van der Waals surface area contributed by atoms with Gasteiger partial charge < -0.3 is 15.4 Å². The number of aryl methyl sites for hydroxylation is 1. The summed E-state index contributed by atoms with van der Waals surface area (Å²) in [5.74, 6) is 0.285. The molecule has 0 aliphatic heterocycles. The highest BCUT2D eigenvalue weighted by molar-refractivity contribution is 5.23. The van der Waals surface area contributed by atoms with E-state index in [0.29, 0.717) is 5.95 Å². The van der Waals surface area contributed by atoms with E-state index >= 15 is 0 Å². The van der Waals surface area contributed by atoms with Crippen LogP contribution in [-0.4, -0.2) is 14.7 Å². The molecule has 1 aromatic heterocycles. The minimum absolute atomic E-state index is 0.0370. The molecule has 0 aliphatic rings. The van der Waals surface area contributed by atoms with E-state index in [1.807, 2.05) is 0 Å². The second kappa shape index (κ2) is 1.40. The maximum Gasteiger partial charge on any atom is 0.230 e. The molecule has 0 saturated heterocycles. The zero-order valence-electron chi connectivity index (χ0n) is 4.50. The van der Waals surface area contributed by atoms with Crippen LogP contribution in [0.4, 0.5) is 5.95 Å². The van der Waals surface area contributed by atoms with E-state index in [1.54, 1.807) is 7.05 Å². The van der Waals surface area contributed by atoms with Crippen molar-refractivity contribution in [1.29, 1.82) is 0 Å². The Bertz CT molecular complexity index is 174. The summed E-state index contributed by atoms with van der Waals surface area (Å²) < 4.78 is 1.54. The molecule has 4 heteroatoms. The lowest BCUT2D eigenvalue weighted by molar-refractivity contribution is 0.456. The predicted molar refractivity (Wildman–Crippen MR) is 29.3 cm³/mol. The van der Waals surface area contributed by atoms with Crippen molar-refractivity contribution in [2.45, 2.75) is 0 Å². The third-order valence-electron chi connectivity index (χ3n) is 0.900. The van der Waals surface area contributed by atoms with Crippen molar-refractivity contribution in [1.82, 2.24) is 9.55 Å². The van der Waals surface area contributed by atoms with E-state index in [1.165, 1.54) is 10.8 Å². The molecule has 0 amide bonds. The van der Waals surface area contributed by atoms with E-state index in [2.05, 4.69) is 4.98 Å². The Labute approximate surface area is 46.6 Å². The number of aromatic hydroxyl groups is 1. The quantitative estimate of drug-likeness (QED) is 0.485. The van der Waals surface area contributed by atoms with Gasteiger partial charge in [0.05, 0.1) is 6.20 Å². The van der Waals surface area contributed by atoms with E-state index in [0.717, 1.165) is 0 Å². The molecule has 0 spiro atoms. The average Bonchev–Trinajstić information content (AvgIpc) is 1.85. The molecule has 8 heavy (non-hydrogen) atoms. The third-order valence-corrected chi connectivity index (χ3v) is 0.900. The van der Waals surface area contributed by atoms with Crippen molar-refractivity contribution >= 4 is 5.95 Å². The lowest BCUT2D eigenvalue weighted by Crippen LogP contribution is -1.94. The first kappa shape index (κ1) is 4.96. The van der Waals surface area contributed by atoms with Gasteiger partial charge in [0.15, 0.2) is 0 Å². The van der Waals surface area contributed by atoms with Crippen LogP contribution in [0, 0.1) is 0 Å². The van der Waals surface area contributed by atoms with Gasteiger partial charge in [-0.15, -0.1) is 0 Å². The Morgan fingerprint density at radius 1 is 1.88 bits per heavy atom. The van der Waals surface area contributed by atoms with Gasteiger partial charge in [0, 0.05) is 7.05 Å². The van der Waals surface area contributed by atoms with Gasteiger partial charge in [-0.1, -0.05) is 0 Å². The summed E-state index contributed by atoms with van der Waals surface area (Å²) in [6.07, 6.45) is 1.44. The van der Waals surface area contributed by atoms with Crippen molar-refractivity contribution in [3.05, 3.63) is 6.20 Å². The van der Waals surface area contributed by atoms with Gasteiger partial charge in [-0.25, -0.2) is 0 Å². The molecule has 3 N–H and O–H groups in total. The number of hydrogen-bond acceptors (Lipinski definition) is 3. The number of hydrogen-bond donors (Lipinski definition) is 2. The van der Waals surface area contributed by atoms with Gasteiger partial charge in [0.25, 0.3) is 0 Å². The monoisotopic (exact) mass is 113 g/mol. The normalized spacial score (nSPS) is 9.62. The smallest absolute Gasteiger partial charge is 0.230 e. The Morgan fingerprint density at radius 2 is 2.50 bits per heavy atom. The zero-order valence-corrected chi connectivity index (χ0v) is 4.50. The van der Waals surface area contributed by atoms with Crippen molar-refractivity contribution in [2.24, 2.45) is 7.05 Å². The van der Waals surface area contributed by atoms with Crippen LogP contribution in [0.2, 0.25) is 0 Å². The lowest BCUT2D eigenvalue weighted by atomic mass is 10.8. The Morgan fingerprint density at radius 3 is 2.62 bits per heavy atom. The Balaban J connectivity index is 3.14. The van der Waals surface area contributed by atoms with Crippen LogP contribution < -0.4 is 5.73 Å². The topological polar surface area (TPSA) is 64.1 Å². The molecule has 0 bridgehead atoms. The zero-order chi connectivity index (χ0) is 6.15. The molecule has 1 aromatic rings. The first-order chi connectivity index (χ1) is 3.70. The van der Waals surface area contributed by atoms with E-state index in [9.17, 15) is 0 Å². The standard InChI is InChI=1S/C4H7N3O/c1-7-2-3(8)6-4(7)5/h2,8H,1H3,(H2,5,6). The summed E-state index contributed by atoms with van der Waals surface area (Å²) in [4.78, 5) is 3.51. The number of anilines is 1. The highest BCUT2D eigenvalue weighted by atomic mass is 16.3. The second-order valence-electron chi connectivity index (χ2n) is 1.57. The number of nitrogens with two attached hydrogens (primary N) is 1. The molecule has 0 atom stereocenters. The highest BCUT2D eigenvalue weighted by Crippen LogP contribution is 2.06. The SMILES string of the molecule is Cn1cc(O)nc1N. The molecule has 0 aromatic carbocycles. The second-order valence-corrected chi connectivity index (χ2v) is 1.57. The summed E-state index contributed by atoms with van der Waals surface area (Å²) in [5, 5.41) is 8.62. The molecular weight excluding hydrogens is 106 g/mol. The minimum atomic E-state index is -0.0370. The Kier molecular flexibility index (Phi) is 0.865. The molecule has 1 heterocycles. The van der Waals surface area contributed by atoms with Crippen LogP contribution in [-0.2, 0) is 7.05 Å². The number of rotatable bonds is 0. The fraction of sp³-hybridized carbons (Fsp3) is 0.250. The fourth-order valence-electron chi connectivity index (χ4n) is 0.464. The van der Waals surface area contributed by atoms with Gasteiger partial charge in [0.2, 0.25) is 11.8 Å². The number of imidazole rings is 1. The van der Waals surface area contributed by atoms with Gasteiger partial charge in [-0.2, -0.15) is 4.98 Å². The largest absolute Gasteiger partial charge is 0.492 e. The molecule has 0 fully saturated rings. The van der Waals surface area contributed by atoms with Crippen molar-refractivity contribution < 1.29 is 5.11 Å². The highest BCUT2D eigenvalue weighted by Gasteiger charge is 1.95. The summed E-state index contributed by atoms with van der Waals surface area (Å²) in [7, 11) is 1.71. The van der Waals surface area contributed by atoms with Crippen molar-refractivity contribution in [2.75, 3.05) is 5.73 Å². The lowest BCUT2D eigenvalue weighted by Gasteiger charge is -1.86. The average molecular weight is 113 g/mol. The molecule has 44 valence electrons. The van der Waals surface area contributed by atoms with E-state index in [-0.39, 0.29) is 5.88 Å². The van der Waals surface area contributed by atoms with Crippen LogP contribution in [0.1, 0.15) is 0 Å². The molecular formula is C4H7N3O. The van der Waals surface area contributed by atoms with Crippen molar-refractivity contribution in [3.8, 4) is 5.88 Å². The summed E-state index contributed by atoms with van der Waals surface area (Å²) in [6.45, 7) is 0. The molecule has 0 saturated carbocycles. The molecule has 0 radical (unpaired) electrons. The third kappa shape index (κ3) is 0.598. The van der Waals surface area contributed by atoms with Crippen LogP contribution in [0.25, 0.3) is 0 Å². The van der Waals surface area contributed by atoms with Crippen molar-refractivity contribution in [3.63, 3.8) is 0 Å². The fourth-order valence-corrected chi connectivity index (χ4v) is 0.464. The summed E-state index contributed by atoms with van der Waals surface area (Å²) >= 11 is 0. The van der Waals surface area contributed by atoms with Gasteiger partial charge >= 0.3 is 0 Å². The summed E-state index contributed by atoms with van der Waals surface area (Å²) in [5.41, 5.74) is 5.23. The van der Waals surface area contributed by atoms with E-state index in [4.69, 9.17) is 10.8 Å². The van der Waals surface area contributed by atoms with Crippen LogP contribution in [0.3, 0.4) is 0 Å². The number of nitrogen functional groups attached to an aromatic ring is 1. The molecule has 4 nitrogen and oxygen atoms in total. The van der Waals surface area contributed by atoms with Gasteiger partial charge in [-0.05, 0) is 0 Å². The van der Waals surface area contributed by atoms with Crippen LogP contribution in [0.15, 0.2) is 6.20 Å². The number of aromatic nitrogens is 2. The Hall–Kier alpha value is -1.19. The molecule has 0 unspecified atom stereocenters. The first-order valence-corrected chi connectivity index (χ1v) is 2.18. The molecule has 1 rings (SSSR count). The maximum atomic E-state index is 8.62. The number of nitrogens with zero attached hydrogens (tertiary/aromatic N) is 2. The molecule has 0 aliphatic carbocycles.